The van der Waals surface area contributed by atoms with Gasteiger partial charge in [-0.1, -0.05) is 6.07 Å². The number of hydrogen-bond acceptors (Lipinski definition) is 6. The number of hydrogen-bond donors (Lipinski definition) is 0. The number of furan rings is 1. The summed E-state index contributed by atoms with van der Waals surface area (Å²) < 4.78 is 5.20. The predicted octanol–water partition coefficient (Wildman–Crippen LogP) is 3.46. The topological polar surface area (TPSA) is 83.7 Å². The number of amides is 3. The summed E-state index contributed by atoms with van der Waals surface area (Å²) in [6, 6.07) is 7.13. The fourth-order valence-electron chi connectivity index (χ4n) is 3.51. The molecule has 7 nitrogen and oxygen atoms in total. The summed E-state index contributed by atoms with van der Waals surface area (Å²) in [6.07, 6.45) is 9.26. The summed E-state index contributed by atoms with van der Waals surface area (Å²) in [5, 5.41) is -0.439. The average molecular weight is 397 g/mol. The summed E-state index contributed by atoms with van der Waals surface area (Å²) in [4.78, 5) is 45.1. The minimum absolute atomic E-state index is 0.0754. The molecule has 2 aliphatic heterocycles. The van der Waals surface area contributed by atoms with Crippen molar-refractivity contribution in [3.63, 3.8) is 0 Å². The highest BCUT2D eigenvalue weighted by molar-refractivity contribution is 8.18. The predicted molar refractivity (Wildman–Crippen MR) is 104 cm³/mol. The van der Waals surface area contributed by atoms with Crippen LogP contribution < -0.4 is 0 Å². The van der Waals surface area contributed by atoms with Gasteiger partial charge in [0, 0.05) is 25.0 Å². The van der Waals surface area contributed by atoms with Crippen LogP contribution in [0.2, 0.25) is 0 Å². The largest absolute Gasteiger partial charge is 0.465 e. The number of rotatable bonds is 4. The number of carbonyl (C=O) groups is 3. The lowest BCUT2D eigenvalue weighted by molar-refractivity contribution is -0.138. The molecule has 144 valence electrons. The van der Waals surface area contributed by atoms with Gasteiger partial charge in [-0.05, 0) is 54.8 Å². The first kappa shape index (κ1) is 18.5. The van der Waals surface area contributed by atoms with Gasteiger partial charge in [0.15, 0.2) is 0 Å². The zero-order chi connectivity index (χ0) is 19.5. The van der Waals surface area contributed by atoms with Gasteiger partial charge >= 0.3 is 0 Å². The summed E-state index contributed by atoms with van der Waals surface area (Å²) in [7, 11) is 0. The van der Waals surface area contributed by atoms with Gasteiger partial charge in [0.2, 0.25) is 5.91 Å². The molecule has 0 saturated carbocycles. The normalized spacial score (nSPS) is 21.6. The van der Waals surface area contributed by atoms with Crippen LogP contribution >= 0.6 is 11.8 Å². The SMILES string of the molecule is O=C1S/C(=C/c2ccco2)C(=O)N1CC(=O)N1CCCCC1c1cccnc1. The number of piperidine rings is 1. The van der Waals surface area contributed by atoms with E-state index in [1.807, 2.05) is 12.1 Å². The van der Waals surface area contributed by atoms with E-state index in [-0.39, 0.29) is 23.4 Å². The van der Waals surface area contributed by atoms with E-state index in [9.17, 15) is 14.4 Å². The van der Waals surface area contributed by atoms with E-state index in [0.29, 0.717) is 12.3 Å². The molecule has 0 spiro atoms. The Hall–Kier alpha value is -2.87. The third-order valence-electron chi connectivity index (χ3n) is 4.88. The van der Waals surface area contributed by atoms with E-state index in [0.717, 1.165) is 41.5 Å². The van der Waals surface area contributed by atoms with Crippen molar-refractivity contribution in [3.05, 3.63) is 59.2 Å². The lowest BCUT2D eigenvalue weighted by Crippen LogP contribution is -2.45. The molecule has 2 saturated heterocycles. The number of carbonyl (C=O) groups excluding carboxylic acids is 3. The van der Waals surface area contributed by atoms with E-state index < -0.39 is 11.1 Å². The van der Waals surface area contributed by atoms with Crippen molar-refractivity contribution in [1.82, 2.24) is 14.8 Å². The van der Waals surface area contributed by atoms with E-state index in [1.165, 1.54) is 12.3 Å². The summed E-state index contributed by atoms with van der Waals surface area (Å²) in [5.74, 6) is -0.200. The fourth-order valence-corrected chi connectivity index (χ4v) is 4.33. The Morgan fingerprint density at radius 3 is 2.93 bits per heavy atom. The molecule has 8 heteroatoms. The van der Waals surface area contributed by atoms with Crippen LogP contribution in [-0.4, -0.2) is 44.9 Å². The van der Waals surface area contributed by atoms with Crippen molar-refractivity contribution < 1.29 is 18.8 Å². The number of nitrogens with zero attached hydrogens (tertiary/aromatic N) is 3. The summed E-state index contributed by atoms with van der Waals surface area (Å²) in [5.41, 5.74) is 0.974. The van der Waals surface area contributed by atoms with Crippen LogP contribution in [0.4, 0.5) is 4.79 Å². The quantitative estimate of drug-likeness (QED) is 0.735. The molecule has 2 aliphatic rings. The Bertz CT molecular complexity index is 911. The van der Waals surface area contributed by atoms with E-state index in [1.54, 1.807) is 29.4 Å². The van der Waals surface area contributed by atoms with Gasteiger partial charge in [0.1, 0.15) is 12.3 Å². The van der Waals surface area contributed by atoms with E-state index >= 15 is 0 Å². The highest BCUT2D eigenvalue weighted by Gasteiger charge is 2.38. The lowest BCUT2D eigenvalue weighted by Gasteiger charge is -2.36. The zero-order valence-corrected chi connectivity index (χ0v) is 15.9. The molecule has 0 radical (unpaired) electrons. The van der Waals surface area contributed by atoms with E-state index in [2.05, 4.69) is 4.98 Å². The Labute approximate surface area is 166 Å². The molecule has 1 atom stereocenters. The second kappa shape index (κ2) is 8.02. The smallest absolute Gasteiger partial charge is 0.294 e. The maximum absolute atomic E-state index is 13.0. The Kier molecular flexibility index (Phi) is 5.29. The molecule has 4 heterocycles. The van der Waals surface area contributed by atoms with E-state index in [4.69, 9.17) is 4.42 Å². The molecule has 2 fully saturated rings. The minimum atomic E-state index is -0.463. The second-order valence-corrected chi connectivity index (χ2v) is 7.66. The van der Waals surface area contributed by atoms with Crippen LogP contribution in [0.5, 0.6) is 0 Å². The van der Waals surface area contributed by atoms with Crippen LogP contribution in [0.15, 0.2) is 52.2 Å². The third kappa shape index (κ3) is 3.73. The van der Waals surface area contributed by atoms with Crippen molar-refractivity contribution in [1.29, 1.82) is 0 Å². The van der Waals surface area contributed by atoms with Crippen molar-refractivity contribution in [2.75, 3.05) is 13.1 Å². The zero-order valence-electron chi connectivity index (χ0n) is 15.1. The van der Waals surface area contributed by atoms with Crippen molar-refractivity contribution in [2.24, 2.45) is 0 Å². The standard InChI is InChI=1S/C20H19N3O4S/c24-18(22-9-2-1-7-16(22)14-5-3-8-21-12-14)13-23-19(25)17(28-20(23)26)11-15-6-4-10-27-15/h3-6,8,10-12,16H,1-2,7,9,13H2/b17-11+. The molecule has 4 rings (SSSR count). The number of imide groups is 1. The first-order chi connectivity index (χ1) is 13.6. The molecular formula is C20H19N3O4S. The van der Waals surface area contributed by atoms with Gasteiger partial charge < -0.3 is 9.32 Å². The van der Waals surface area contributed by atoms with Gasteiger partial charge in [-0.2, -0.15) is 0 Å². The van der Waals surface area contributed by atoms with Crippen LogP contribution in [0.25, 0.3) is 6.08 Å². The summed E-state index contributed by atoms with van der Waals surface area (Å²) >= 11 is 0.824. The number of pyridine rings is 1. The first-order valence-electron chi connectivity index (χ1n) is 9.12. The highest BCUT2D eigenvalue weighted by Crippen LogP contribution is 2.34. The van der Waals surface area contributed by atoms with Crippen molar-refractivity contribution >= 4 is 34.9 Å². The average Bonchev–Trinajstić information content (AvgIpc) is 3.33. The Balaban J connectivity index is 1.49. The molecule has 2 aromatic rings. The number of aromatic nitrogens is 1. The van der Waals surface area contributed by atoms with Gasteiger partial charge in [0.25, 0.3) is 11.1 Å². The number of likely N-dealkylation sites (tertiary alicyclic amines) is 1. The van der Waals surface area contributed by atoms with Crippen molar-refractivity contribution in [3.8, 4) is 0 Å². The highest BCUT2D eigenvalue weighted by atomic mass is 32.2. The third-order valence-corrected chi connectivity index (χ3v) is 5.78. The maximum atomic E-state index is 13.0. The maximum Gasteiger partial charge on any atom is 0.294 e. The van der Waals surface area contributed by atoms with Crippen molar-refractivity contribution in [2.45, 2.75) is 25.3 Å². The lowest BCUT2D eigenvalue weighted by atomic mass is 9.96. The Morgan fingerprint density at radius 2 is 2.18 bits per heavy atom. The minimum Gasteiger partial charge on any atom is -0.465 e. The molecule has 0 aromatic carbocycles. The van der Waals surface area contributed by atoms with Crippen LogP contribution in [0, 0.1) is 0 Å². The van der Waals surface area contributed by atoms with Crippen LogP contribution in [-0.2, 0) is 9.59 Å². The van der Waals surface area contributed by atoms with Gasteiger partial charge in [-0.25, -0.2) is 0 Å². The van der Waals surface area contributed by atoms with Gasteiger partial charge in [0.05, 0.1) is 17.2 Å². The molecule has 0 bridgehead atoms. The summed E-state index contributed by atoms with van der Waals surface area (Å²) in [6.45, 7) is 0.355. The van der Waals surface area contributed by atoms with Crippen LogP contribution in [0.1, 0.15) is 36.6 Å². The molecule has 1 unspecified atom stereocenters. The first-order valence-corrected chi connectivity index (χ1v) is 9.93. The number of thioether (sulfide) groups is 1. The molecule has 3 amide bonds. The monoisotopic (exact) mass is 397 g/mol. The Morgan fingerprint density at radius 1 is 1.29 bits per heavy atom. The molecule has 2 aromatic heterocycles. The molecular weight excluding hydrogens is 378 g/mol. The van der Waals surface area contributed by atoms with Gasteiger partial charge in [-0.15, -0.1) is 0 Å². The fraction of sp³-hybridized carbons (Fsp3) is 0.300. The van der Waals surface area contributed by atoms with Gasteiger partial charge in [-0.3, -0.25) is 24.3 Å². The molecule has 0 N–H and O–H groups in total. The van der Waals surface area contributed by atoms with Crippen LogP contribution in [0.3, 0.4) is 0 Å². The second-order valence-electron chi connectivity index (χ2n) is 6.67. The molecule has 0 aliphatic carbocycles. The molecule has 28 heavy (non-hydrogen) atoms.